The Bertz CT molecular complexity index is 251. The Hall–Kier alpha value is -0.610. The Morgan fingerprint density at radius 2 is 2.06 bits per heavy atom. The molecule has 2 atom stereocenters. The molecule has 1 aliphatic carbocycles. The summed E-state index contributed by atoms with van der Waals surface area (Å²) < 4.78 is 11.0. The maximum Gasteiger partial charge on any atom is 0.313 e. The van der Waals surface area contributed by atoms with Crippen molar-refractivity contribution >= 4 is 5.97 Å². The van der Waals surface area contributed by atoms with Gasteiger partial charge in [-0.3, -0.25) is 4.79 Å². The summed E-state index contributed by atoms with van der Waals surface area (Å²) in [4.78, 5) is 12.1. The molecule has 1 saturated heterocycles. The Morgan fingerprint density at radius 1 is 1.29 bits per heavy atom. The lowest BCUT2D eigenvalue weighted by molar-refractivity contribution is -0.156. The number of ether oxygens (including phenoxy) is 2. The van der Waals surface area contributed by atoms with E-state index in [-0.39, 0.29) is 24.0 Å². The fourth-order valence-electron chi connectivity index (χ4n) is 2.68. The fraction of sp³-hybridized carbons (Fsp3) is 0.923. The summed E-state index contributed by atoms with van der Waals surface area (Å²) in [5.41, 5.74) is 0. The number of hydrogen-bond acceptors (Lipinski definition) is 4. The second-order valence-electron chi connectivity index (χ2n) is 5.01. The lowest BCUT2D eigenvalue weighted by atomic mass is 9.97. The highest BCUT2D eigenvalue weighted by Gasteiger charge is 2.35. The Labute approximate surface area is 103 Å². The van der Waals surface area contributed by atoms with Crippen LogP contribution in [-0.4, -0.2) is 37.9 Å². The van der Waals surface area contributed by atoms with Crippen molar-refractivity contribution in [2.75, 3.05) is 19.8 Å². The van der Waals surface area contributed by atoms with Gasteiger partial charge in [-0.15, -0.1) is 0 Å². The van der Waals surface area contributed by atoms with E-state index in [9.17, 15) is 4.79 Å². The summed E-state index contributed by atoms with van der Waals surface area (Å²) >= 11 is 0. The predicted molar refractivity (Wildman–Crippen MR) is 64.7 cm³/mol. The van der Waals surface area contributed by atoms with Gasteiger partial charge in [0.2, 0.25) is 0 Å². The van der Waals surface area contributed by atoms with Crippen molar-refractivity contribution in [3.05, 3.63) is 0 Å². The molecule has 1 N–H and O–H groups in total. The van der Waals surface area contributed by atoms with Crippen LogP contribution in [-0.2, 0) is 14.3 Å². The molecule has 2 unspecified atom stereocenters. The zero-order chi connectivity index (χ0) is 12.1. The number of rotatable bonds is 4. The highest BCUT2D eigenvalue weighted by Crippen LogP contribution is 2.23. The quantitative estimate of drug-likeness (QED) is 0.757. The van der Waals surface area contributed by atoms with Crippen molar-refractivity contribution in [1.29, 1.82) is 0 Å². The lowest BCUT2D eigenvalue weighted by Crippen LogP contribution is -2.41. The van der Waals surface area contributed by atoms with Gasteiger partial charge >= 0.3 is 5.97 Å². The molecule has 0 amide bonds. The summed E-state index contributed by atoms with van der Waals surface area (Å²) in [6, 6.07) is 0.135. The van der Waals surface area contributed by atoms with Crippen LogP contribution in [0.2, 0.25) is 0 Å². The van der Waals surface area contributed by atoms with E-state index in [1.54, 1.807) is 0 Å². The van der Waals surface area contributed by atoms with Crippen LogP contribution in [0.5, 0.6) is 0 Å². The molecule has 0 aromatic carbocycles. The molecule has 0 bridgehead atoms. The van der Waals surface area contributed by atoms with Gasteiger partial charge in [-0.2, -0.15) is 0 Å². The third kappa shape index (κ3) is 3.42. The number of likely N-dealkylation sites (N-methyl/N-ethyl adjacent to an activating group) is 1. The van der Waals surface area contributed by atoms with Crippen LogP contribution < -0.4 is 5.32 Å². The minimum atomic E-state index is -0.114. The molecule has 4 heteroatoms. The Kier molecular flexibility index (Phi) is 4.80. The minimum absolute atomic E-state index is 0.0691. The van der Waals surface area contributed by atoms with Gasteiger partial charge in [0.1, 0.15) is 6.10 Å². The molecule has 98 valence electrons. The van der Waals surface area contributed by atoms with Crippen LogP contribution in [0.4, 0.5) is 0 Å². The van der Waals surface area contributed by atoms with Gasteiger partial charge in [0, 0.05) is 6.04 Å². The number of carbonyl (C=O) groups is 1. The molecule has 2 fully saturated rings. The minimum Gasteiger partial charge on any atom is -0.462 e. The second kappa shape index (κ2) is 6.36. The molecule has 0 spiro atoms. The molecule has 0 radical (unpaired) electrons. The molecular formula is C13H23NO3. The van der Waals surface area contributed by atoms with Crippen molar-refractivity contribution in [3.8, 4) is 0 Å². The third-order valence-electron chi connectivity index (χ3n) is 3.68. The summed E-state index contributed by atoms with van der Waals surface area (Å²) in [5, 5.41) is 3.29. The second-order valence-corrected chi connectivity index (χ2v) is 5.01. The summed E-state index contributed by atoms with van der Waals surface area (Å²) in [7, 11) is 0. The van der Waals surface area contributed by atoms with Gasteiger partial charge in [0.05, 0.1) is 19.1 Å². The van der Waals surface area contributed by atoms with E-state index in [2.05, 4.69) is 5.32 Å². The van der Waals surface area contributed by atoms with Crippen LogP contribution in [0.1, 0.15) is 39.0 Å². The zero-order valence-electron chi connectivity index (χ0n) is 10.6. The standard InChI is InChI=1S/C13H23NO3/c1-2-14-12-9-16-8-11(12)13(15)17-10-6-4-3-5-7-10/h10-12,14H,2-9H2,1H3. The molecule has 1 aliphatic heterocycles. The SMILES string of the molecule is CCNC1COCC1C(=O)OC1CCCCC1. The molecule has 0 aromatic rings. The number of esters is 1. The Balaban J connectivity index is 1.81. The Morgan fingerprint density at radius 3 is 2.76 bits per heavy atom. The van der Waals surface area contributed by atoms with Crippen LogP contribution in [0, 0.1) is 5.92 Å². The average Bonchev–Trinajstić information content (AvgIpc) is 2.79. The van der Waals surface area contributed by atoms with E-state index in [1.807, 2.05) is 6.92 Å². The number of nitrogens with one attached hydrogen (secondary N) is 1. The van der Waals surface area contributed by atoms with Crippen molar-refractivity contribution in [2.24, 2.45) is 5.92 Å². The van der Waals surface area contributed by atoms with Crippen LogP contribution >= 0.6 is 0 Å². The van der Waals surface area contributed by atoms with Gasteiger partial charge in [0.15, 0.2) is 0 Å². The first-order chi connectivity index (χ1) is 8.31. The maximum atomic E-state index is 12.1. The van der Waals surface area contributed by atoms with Crippen LogP contribution in [0.15, 0.2) is 0 Å². The van der Waals surface area contributed by atoms with Gasteiger partial charge in [-0.25, -0.2) is 0 Å². The molecule has 1 saturated carbocycles. The average molecular weight is 241 g/mol. The van der Waals surface area contributed by atoms with Crippen LogP contribution in [0.3, 0.4) is 0 Å². The highest BCUT2D eigenvalue weighted by atomic mass is 16.5. The number of carbonyl (C=O) groups excluding carboxylic acids is 1. The first kappa shape index (κ1) is 12.8. The molecule has 0 aromatic heterocycles. The van der Waals surface area contributed by atoms with Crippen molar-refractivity contribution in [1.82, 2.24) is 5.32 Å². The van der Waals surface area contributed by atoms with Crippen LogP contribution in [0.25, 0.3) is 0 Å². The molecule has 2 rings (SSSR count). The van der Waals surface area contributed by atoms with E-state index in [4.69, 9.17) is 9.47 Å². The van der Waals surface area contributed by atoms with Crippen molar-refractivity contribution < 1.29 is 14.3 Å². The van der Waals surface area contributed by atoms with Crippen molar-refractivity contribution in [2.45, 2.75) is 51.2 Å². The molecule has 1 heterocycles. The normalized spacial score (nSPS) is 30.4. The van der Waals surface area contributed by atoms with Gasteiger partial charge in [-0.05, 0) is 32.2 Å². The molecule has 17 heavy (non-hydrogen) atoms. The van der Waals surface area contributed by atoms with E-state index in [1.165, 1.54) is 19.3 Å². The van der Waals surface area contributed by atoms with E-state index in [0.29, 0.717) is 13.2 Å². The summed E-state index contributed by atoms with van der Waals surface area (Å²) in [5.74, 6) is -0.183. The van der Waals surface area contributed by atoms with E-state index >= 15 is 0 Å². The summed E-state index contributed by atoms with van der Waals surface area (Å²) in [6.07, 6.45) is 5.88. The van der Waals surface area contributed by atoms with E-state index in [0.717, 1.165) is 19.4 Å². The van der Waals surface area contributed by atoms with Gasteiger partial charge in [0.25, 0.3) is 0 Å². The molecular weight excluding hydrogens is 218 g/mol. The summed E-state index contributed by atoms with van der Waals surface area (Å²) in [6.45, 7) is 4.03. The van der Waals surface area contributed by atoms with Crippen molar-refractivity contribution in [3.63, 3.8) is 0 Å². The first-order valence-electron chi connectivity index (χ1n) is 6.83. The monoisotopic (exact) mass is 241 g/mol. The maximum absolute atomic E-state index is 12.1. The van der Waals surface area contributed by atoms with Gasteiger partial charge in [-0.1, -0.05) is 13.3 Å². The molecule has 4 nitrogen and oxygen atoms in total. The number of hydrogen-bond donors (Lipinski definition) is 1. The van der Waals surface area contributed by atoms with E-state index < -0.39 is 0 Å². The predicted octanol–water partition coefficient (Wildman–Crippen LogP) is 1.49. The largest absolute Gasteiger partial charge is 0.462 e. The van der Waals surface area contributed by atoms with Gasteiger partial charge < -0.3 is 14.8 Å². The smallest absolute Gasteiger partial charge is 0.313 e. The molecule has 2 aliphatic rings. The highest BCUT2D eigenvalue weighted by molar-refractivity contribution is 5.74. The topological polar surface area (TPSA) is 47.6 Å². The fourth-order valence-corrected chi connectivity index (χ4v) is 2.68. The zero-order valence-corrected chi connectivity index (χ0v) is 10.6. The third-order valence-corrected chi connectivity index (χ3v) is 3.68. The first-order valence-corrected chi connectivity index (χ1v) is 6.83. The lowest BCUT2D eigenvalue weighted by Gasteiger charge is -2.24.